The van der Waals surface area contributed by atoms with Gasteiger partial charge in [-0.3, -0.25) is 9.59 Å². The normalized spacial score (nSPS) is 10.6. The third-order valence-electron chi connectivity index (χ3n) is 4.52. The Bertz CT molecular complexity index is 1150. The Labute approximate surface area is 174 Å². The molecule has 0 saturated carbocycles. The summed E-state index contributed by atoms with van der Waals surface area (Å²) in [6.07, 6.45) is 0. The van der Waals surface area contributed by atoms with Crippen LogP contribution < -0.4 is 5.56 Å². The van der Waals surface area contributed by atoms with Crippen molar-refractivity contribution in [2.75, 3.05) is 19.7 Å². The van der Waals surface area contributed by atoms with Crippen LogP contribution in [0.4, 0.5) is 0 Å². The number of para-hydroxylation sites is 1. The molecular formula is C23H23N3O4. The van der Waals surface area contributed by atoms with E-state index in [0.29, 0.717) is 29.5 Å². The molecule has 0 bridgehead atoms. The van der Waals surface area contributed by atoms with Crippen molar-refractivity contribution in [3.8, 4) is 5.69 Å². The first-order valence-electron chi connectivity index (χ1n) is 9.59. The number of ether oxygens (including phenoxy) is 1. The van der Waals surface area contributed by atoms with Crippen LogP contribution in [0.25, 0.3) is 16.5 Å². The SMILES string of the molecule is C=C(C)CN(CC)C(=O)COC(=O)c1nn(-c2ccccc2)c(=O)c2ccccc12. The third-order valence-corrected chi connectivity index (χ3v) is 4.52. The van der Waals surface area contributed by atoms with Crippen LogP contribution in [0, 0.1) is 0 Å². The molecule has 2 aromatic carbocycles. The van der Waals surface area contributed by atoms with Gasteiger partial charge in [0.1, 0.15) is 0 Å². The van der Waals surface area contributed by atoms with Gasteiger partial charge in [0.2, 0.25) is 0 Å². The summed E-state index contributed by atoms with van der Waals surface area (Å²) in [5.74, 6) is -1.09. The zero-order valence-electron chi connectivity index (χ0n) is 17.0. The van der Waals surface area contributed by atoms with Crippen LogP contribution in [0.3, 0.4) is 0 Å². The molecule has 0 fully saturated rings. The Morgan fingerprint density at radius 3 is 2.33 bits per heavy atom. The molecule has 0 N–H and O–H groups in total. The second-order valence-corrected chi connectivity index (χ2v) is 6.89. The maximum atomic E-state index is 12.9. The number of esters is 1. The Hall–Kier alpha value is -3.74. The minimum absolute atomic E-state index is 0.0233. The van der Waals surface area contributed by atoms with Crippen molar-refractivity contribution in [1.82, 2.24) is 14.7 Å². The summed E-state index contributed by atoms with van der Waals surface area (Å²) in [6, 6.07) is 15.5. The highest BCUT2D eigenvalue weighted by atomic mass is 16.5. The molecule has 1 amide bonds. The molecule has 7 nitrogen and oxygen atoms in total. The highest BCUT2D eigenvalue weighted by Crippen LogP contribution is 2.16. The van der Waals surface area contributed by atoms with E-state index in [1.807, 2.05) is 19.9 Å². The lowest BCUT2D eigenvalue weighted by Gasteiger charge is -2.20. The number of fused-ring (bicyclic) bond motifs is 1. The number of amides is 1. The highest BCUT2D eigenvalue weighted by Gasteiger charge is 2.21. The molecule has 0 radical (unpaired) electrons. The third kappa shape index (κ3) is 4.46. The summed E-state index contributed by atoms with van der Waals surface area (Å²) in [5.41, 5.74) is 0.990. The van der Waals surface area contributed by atoms with Crippen molar-refractivity contribution < 1.29 is 14.3 Å². The van der Waals surface area contributed by atoms with Crippen LogP contribution >= 0.6 is 0 Å². The maximum Gasteiger partial charge on any atom is 0.359 e. The van der Waals surface area contributed by atoms with Crippen LogP contribution in [0.15, 0.2) is 71.5 Å². The minimum atomic E-state index is -0.768. The summed E-state index contributed by atoms with van der Waals surface area (Å²) in [7, 11) is 0. The molecule has 0 spiro atoms. The van der Waals surface area contributed by atoms with Crippen molar-refractivity contribution in [3.63, 3.8) is 0 Å². The molecule has 3 rings (SSSR count). The van der Waals surface area contributed by atoms with Gasteiger partial charge < -0.3 is 9.64 Å². The predicted molar refractivity (Wildman–Crippen MR) is 115 cm³/mol. The van der Waals surface area contributed by atoms with Gasteiger partial charge in [-0.1, -0.05) is 48.6 Å². The van der Waals surface area contributed by atoms with E-state index in [0.717, 1.165) is 5.57 Å². The number of carbonyl (C=O) groups excluding carboxylic acids is 2. The molecule has 7 heteroatoms. The van der Waals surface area contributed by atoms with Gasteiger partial charge in [-0.05, 0) is 32.0 Å². The lowest BCUT2D eigenvalue weighted by atomic mass is 10.1. The lowest BCUT2D eigenvalue weighted by molar-refractivity contribution is -0.133. The average molecular weight is 405 g/mol. The molecule has 1 heterocycles. The fourth-order valence-electron chi connectivity index (χ4n) is 3.07. The number of aromatic nitrogens is 2. The minimum Gasteiger partial charge on any atom is -0.451 e. The predicted octanol–water partition coefficient (Wildman–Crippen LogP) is 2.97. The summed E-state index contributed by atoms with van der Waals surface area (Å²) in [4.78, 5) is 39.6. The topological polar surface area (TPSA) is 81.5 Å². The van der Waals surface area contributed by atoms with E-state index in [1.165, 1.54) is 4.68 Å². The molecule has 3 aromatic rings. The first-order chi connectivity index (χ1) is 14.4. The fraction of sp³-hybridized carbons (Fsp3) is 0.217. The van der Waals surface area contributed by atoms with Gasteiger partial charge in [0.25, 0.3) is 11.5 Å². The zero-order chi connectivity index (χ0) is 21.7. The zero-order valence-corrected chi connectivity index (χ0v) is 17.0. The average Bonchev–Trinajstić information content (AvgIpc) is 2.76. The van der Waals surface area contributed by atoms with Gasteiger partial charge in [0, 0.05) is 18.5 Å². The van der Waals surface area contributed by atoms with Crippen LogP contribution in [0.5, 0.6) is 0 Å². The van der Waals surface area contributed by atoms with Crippen LogP contribution in [-0.2, 0) is 9.53 Å². The number of likely N-dealkylation sites (N-methyl/N-ethyl adjacent to an activating group) is 1. The van der Waals surface area contributed by atoms with Gasteiger partial charge in [0.15, 0.2) is 12.3 Å². The van der Waals surface area contributed by atoms with E-state index in [4.69, 9.17) is 4.74 Å². The van der Waals surface area contributed by atoms with Gasteiger partial charge in [-0.25, -0.2) is 4.79 Å². The van der Waals surface area contributed by atoms with E-state index < -0.39 is 12.6 Å². The molecule has 154 valence electrons. The molecule has 0 unspecified atom stereocenters. The van der Waals surface area contributed by atoms with Crippen LogP contribution in [0.2, 0.25) is 0 Å². The summed E-state index contributed by atoms with van der Waals surface area (Å²) in [5, 5.41) is 4.97. The molecule has 0 aliphatic rings. The van der Waals surface area contributed by atoms with Gasteiger partial charge in [0.05, 0.1) is 11.1 Å². The standard InChI is InChI=1S/C23H23N3O4/c1-4-25(14-16(2)3)20(27)15-30-23(29)21-18-12-8-9-13-19(18)22(28)26(24-21)17-10-6-5-7-11-17/h5-13H,2,4,14-15H2,1,3H3. The largest absolute Gasteiger partial charge is 0.451 e. The molecule has 0 saturated heterocycles. The second-order valence-electron chi connectivity index (χ2n) is 6.89. The molecule has 30 heavy (non-hydrogen) atoms. The van der Waals surface area contributed by atoms with Crippen LogP contribution in [-0.4, -0.2) is 46.3 Å². The molecule has 0 atom stereocenters. The lowest BCUT2D eigenvalue weighted by Crippen LogP contribution is -2.36. The smallest absolute Gasteiger partial charge is 0.359 e. The fourth-order valence-corrected chi connectivity index (χ4v) is 3.07. The Morgan fingerprint density at radius 1 is 1.07 bits per heavy atom. The quantitative estimate of drug-likeness (QED) is 0.446. The monoisotopic (exact) mass is 405 g/mol. The van der Waals surface area contributed by atoms with Crippen molar-refractivity contribution in [2.24, 2.45) is 0 Å². The number of hydrogen-bond acceptors (Lipinski definition) is 5. The van der Waals surface area contributed by atoms with Crippen LogP contribution in [0.1, 0.15) is 24.3 Å². The molecular weight excluding hydrogens is 382 g/mol. The first-order valence-corrected chi connectivity index (χ1v) is 9.59. The first kappa shape index (κ1) is 21.0. The van der Waals surface area contributed by atoms with E-state index in [2.05, 4.69) is 11.7 Å². The summed E-state index contributed by atoms with van der Waals surface area (Å²) in [6.45, 7) is 7.93. The number of carbonyl (C=O) groups is 2. The van der Waals surface area contributed by atoms with Gasteiger partial charge >= 0.3 is 5.97 Å². The highest BCUT2D eigenvalue weighted by molar-refractivity contribution is 6.02. The van der Waals surface area contributed by atoms with E-state index in [1.54, 1.807) is 53.4 Å². The van der Waals surface area contributed by atoms with E-state index in [9.17, 15) is 14.4 Å². The Morgan fingerprint density at radius 2 is 1.70 bits per heavy atom. The van der Waals surface area contributed by atoms with E-state index in [-0.39, 0.29) is 17.2 Å². The second kappa shape index (κ2) is 9.17. The Balaban J connectivity index is 1.94. The van der Waals surface area contributed by atoms with Gasteiger partial charge in [-0.15, -0.1) is 0 Å². The summed E-state index contributed by atoms with van der Waals surface area (Å²) < 4.78 is 6.42. The summed E-state index contributed by atoms with van der Waals surface area (Å²) >= 11 is 0. The molecule has 0 aliphatic carbocycles. The molecule has 1 aromatic heterocycles. The van der Waals surface area contributed by atoms with Crippen molar-refractivity contribution in [2.45, 2.75) is 13.8 Å². The number of hydrogen-bond donors (Lipinski definition) is 0. The van der Waals surface area contributed by atoms with Crippen molar-refractivity contribution >= 4 is 22.6 Å². The number of nitrogens with zero attached hydrogens (tertiary/aromatic N) is 3. The Kier molecular flexibility index (Phi) is 6.41. The van der Waals surface area contributed by atoms with E-state index >= 15 is 0 Å². The number of benzene rings is 2. The maximum absolute atomic E-state index is 12.9. The van der Waals surface area contributed by atoms with Crippen molar-refractivity contribution in [3.05, 3.63) is 82.8 Å². The molecule has 0 aliphatic heterocycles. The number of rotatable bonds is 7. The van der Waals surface area contributed by atoms with Gasteiger partial charge in [-0.2, -0.15) is 9.78 Å². The van der Waals surface area contributed by atoms with Crippen molar-refractivity contribution in [1.29, 1.82) is 0 Å².